The normalized spacial score (nSPS) is 10.4. The van der Waals surface area contributed by atoms with Crippen LogP contribution < -0.4 is 11.5 Å². The van der Waals surface area contributed by atoms with Crippen molar-refractivity contribution in [1.82, 2.24) is 4.98 Å². The van der Waals surface area contributed by atoms with Gasteiger partial charge in [0.25, 0.3) is 0 Å². The summed E-state index contributed by atoms with van der Waals surface area (Å²) in [7, 11) is 0. The van der Waals surface area contributed by atoms with E-state index in [-0.39, 0.29) is 5.82 Å². The fourth-order valence-electron chi connectivity index (χ4n) is 2.77. The minimum Gasteiger partial charge on any atom is -0.383 e. The number of anilines is 1. The van der Waals surface area contributed by atoms with Gasteiger partial charge in [0.2, 0.25) is 5.91 Å². The molecule has 1 amide bonds. The van der Waals surface area contributed by atoms with Gasteiger partial charge in [-0.25, -0.2) is 4.98 Å². The number of carbonyl (C=O) groups is 1. The molecule has 1 aromatic carbocycles. The molecular weight excluding hydrogens is 332 g/mol. The third kappa shape index (κ3) is 2.97. The Morgan fingerprint density at radius 2 is 1.84 bits per heavy atom. The summed E-state index contributed by atoms with van der Waals surface area (Å²) in [6, 6.07) is 13.0. The maximum absolute atomic E-state index is 11.3. The minimum atomic E-state index is -0.493. The van der Waals surface area contributed by atoms with E-state index in [4.69, 9.17) is 11.5 Å². The molecule has 3 rings (SSSR count). The van der Waals surface area contributed by atoms with Gasteiger partial charge in [0.15, 0.2) is 0 Å². The fourth-order valence-corrected chi connectivity index (χ4v) is 3.69. The molecule has 0 aliphatic heterocycles. The summed E-state index contributed by atoms with van der Waals surface area (Å²) in [5.74, 6) is -0.295. The van der Waals surface area contributed by atoms with Crippen LogP contribution >= 0.6 is 11.3 Å². The van der Waals surface area contributed by atoms with E-state index in [1.54, 1.807) is 35.6 Å². The van der Waals surface area contributed by atoms with Gasteiger partial charge in [-0.2, -0.15) is 5.26 Å². The van der Waals surface area contributed by atoms with Crippen molar-refractivity contribution in [2.24, 2.45) is 5.73 Å². The standard InChI is InChI=1S/C19H16N4OS/c1-10-3-8-15(25-10)17-11(2)16(14(9-20)18(21)23-17)12-4-6-13(7-5-12)19(22)24/h3-8H,1-2H3,(H2,21,23)(H2,22,24). The highest BCUT2D eigenvalue weighted by Crippen LogP contribution is 2.37. The van der Waals surface area contributed by atoms with Crippen molar-refractivity contribution < 1.29 is 4.79 Å². The van der Waals surface area contributed by atoms with Gasteiger partial charge in [-0.3, -0.25) is 4.79 Å². The average Bonchev–Trinajstić information content (AvgIpc) is 3.02. The Hall–Kier alpha value is -3.17. The van der Waals surface area contributed by atoms with E-state index in [0.29, 0.717) is 11.1 Å². The van der Waals surface area contributed by atoms with Crippen LogP contribution in [0.4, 0.5) is 5.82 Å². The number of primary amides is 1. The first kappa shape index (κ1) is 16.7. The number of nitriles is 1. The van der Waals surface area contributed by atoms with Crippen LogP contribution in [0.2, 0.25) is 0 Å². The molecule has 2 heterocycles. The quantitative estimate of drug-likeness (QED) is 0.753. The molecule has 0 saturated heterocycles. The zero-order chi connectivity index (χ0) is 18.1. The van der Waals surface area contributed by atoms with Crippen molar-refractivity contribution in [3.63, 3.8) is 0 Å². The average molecular weight is 348 g/mol. The molecule has 0 radical (unpaired) electrons. The number of amides is 1. The molecule has 0 aliphatic rings. The van der Waals surface area contributed by atoms with Crippen molar-refractivity contribution >= 4 is 23.1 Å². The molecule has 6 heteroatoms. The fraction of sp³-hybridized carbons (Fsp3) is 0.105. The molecule has 0 aliphatic carbocycles. The molecular formula is C19H16N4OS. The Morgan fingerprint density at radius 1 is 1.16 bits per heavy atom. The number of nitrogens with zero attached hydrogens (tertiary/aromatic N) is 2. The first-order valence-electron chi connectivity index (χ1n) is 7.59. The van der Waals surface area contributed by atoms with Crippen molar-refractivity contribution in [2.75, 3.05) is 5.73 Å². The first-order valence-corrected chi connectivity index (χ1v) is 8.41. The SMILES string of the molecule is Cc1ccc(-c2nc(N)c(C#N)c(-c3ccc(C(N)=O)cc3)c2C)s1. The highest BCUT2D eigenvalue weighted by molar-refractivity contribution is 7.15. The van der Waals surface area contributed by atoms with Crippen LogP contribution in [0.5, 0.6) is 0 Å². The van der Waals surface area contributed by atoms with Gasteiger partial charge in [-0.05, 0) is 49.2 Å². The van der Waals surface area contributed by atoms with Crippen molar-refractivity contribution in [3.05, 3.63) is 58.0 Å². The monoisotopic (exact) mass is 348 g/mol. The van der Waals surface area contributed by atoms with Gasteiger partial charge in [-0.15, -0.1) is 11.3 Å². The van der Waals surface area contributed by atoms with E-state index < -0.39 is 5.91 Å². The second-order valence-electron chi connectivity index (χ2n) is 5.68. The second kappa shape index (κ2) is 6.38. The van der Waals surface area contributed by atoms with Crippen molar-refractivity contribution in [3.8, 4) is 27.8 Å². The van der Waals surface area contributed by atoms with Gasteiger partial charge in [-0.1, -0.05) is 12.1 Å². The molecule has 5 nitrogen and oxygen atoms in total. The lowest BCUT2D eigenvalue weighted by molar-refractivity contribution is 0.100. The van der Waals surface area contributed by atoms with Crippen LogP contribution in [0.3, 0.4) is 0 Å². The van der Waals surface area contributed by atoms with Crippen LogP contribution in [0.25, 0.3) is 21.7 Å². The molecule has 124 valence electrons. The number of aryl methyl sites for hydroxylation is 1. The number of aromatic nitrogens is 1. The van der Waals surface area contributed by atoms with E-state index in [1.165, 1.54) is 4.88 Å². The first-order chi connectivity index (χ1) is 11.9. The number of hydrogen-bond acceptors (Lipinski definition) is 5. The second-order valence-corrected chi connectivity index (χ2v) is 6.97. The predicted octanol–water partition coefficient (Wildman–Crippen LogP) is 3.65. The number of rotatable bonds is 3. The molecule has 3 aromatic rings. The minimum absolute atomic E-state index is 0.197. The van der Waals surface area contributed by atoms with E-state index in [1.807, 2.05) is 26.0 Å². The number of nitrogen functional groups attached to an aromatic ring is 1. The lowest BCUT2D eigenvalue weighted by Crippen LogP contribution is -2.10. The molecule has 2 aromatic heterocycles. The van der Waals surface area contributed by atoms with Gasteiger partial charge in [0, 0.05) is 16.0 Å². The zero-order valence-corrected chi connectivity index (χ0v) is 14.6. The molecule has 0 atom stereocenters. The number of nitrogens with two attached hydrogens (primary N) is 2. The molecule has 4 N–H and O–H groups in total. The highest BCUT2D eigenvalue weighted by atomic mass is 32.1. The van der Waals surface area contributed by atoms with Crippen molar-refractivity contribution in [2.45, 2.75) is 13.8 Å². The Labute approximate surface area is 149 Å². The van der Waals surface area contributed by atoms with Crippen LogP contribution in [-0.4, -0.2) is 10.9 Å². The molecule has 25 heavy (non-hydrogen) atoms. The number of benzene rings is 1. The zero-order valence-electron chi connectivity index (χ0n) is 13.8. The number of pyridine rings is 1. The maximum atomic E-state index is 11.3. The molecule has 0 bridgehead atoms. The summed E-state index contributed by atoms with van der Waals surface area (Å²) >= 11 is 1.63. The smallest absolute Gasteiger partial charge is 0.248 e. The lowest BCUT2D eigenvalue weighted by Gasteiger charge is -2.14. The number of hydrogen-bond donors (Lipinski definition) is 2. The third-order valence-electron chi connectivity index (χ3n) is 4.01. The van der Waals surface area contributed by atoms with Crippen LogP contribution in [0.15, 0.2) is 36.4 Å². The van der Waals surface area contributed by atoms with Crippen LogP contribution in [0, 0.1) is 25.2 Å². The Bertz CT molecular complexity index is 1010. The molecule has 0 spiro atoms. The van der Waals surface area contributed by atoms with Crippen LogP contribution in [-0.2, 0) is 0 Å². The molecule has 0 fully saturated rings. The molecule has 0 saturated carbocycles. The van der Waals surface area contributed by atoms with Gasteiger partial charge in [0.1, 0.15) is 17.5 Å². The predicted molar refractivity (Wildman–Crippen MR) is 100 cm³/mol. The van der Waals surface area contributed by atoms with E-state index in [9.17, 15) is 10.1 Å². The summed E-state index contributed by atoms with van der Waals surface area (Å²) in [5, 5.41) is 9.55. The summed E-state index contributed by atoms with van der Waals surface area (Å²) in [4.78, 5) is 17.9. The maximum Gasteiger partial charge on any atom is 0.248 e. The van der Waals surface area contributed by atoms with E-state index in [2.05, 4.69) is 11.1 Å². The number of carbonyl (C=O) groups excluding carboxylic acids is 1. The Morgan fingerprint density at radius 3 is 2.36 bits per heavy atom. The summed E-state index contributed by atoms with van der Waals surface area (Å²) in [6.07, 6.45) is 0. The molecule has 0 unspecified atom stereocenters. The van der Waals surface area contributed by atoms with Gasteiger partial charge < -0.3 is 11.5 Å². The van der Waals surface area contributed by atoms with Crippen LogP contribution in [0.1, 0.15) is 26.4 Å². The lowest BCUT2D eigenvalue weighted by atomic mass is 9.94. The Kier molecular flexibility index (Phi) is 4.26. The van der Waals surface area contributed by atoms with Crippen molar-refractivity contribution in [1.29, 1.82) is 5.26 Å². The van der Waals surface area contributed by atoms with Gasteiger partial charge in [0.05, 0.1) is 10.6 Å². The van der Waals surface area contributed by atoms with E-state index in [0.717, 1.165) is 27.3 Å². The van der Waals surface area contributed by atoms with Gasteiger partial charge >= 0.3 is 0 Å². The topological polar surface area (TPSA) is 106 Å². The number of thiophene rings is 1. The largest absolute Gasteiger partial charge is 0.383 e. The Balaban J connectivity index is 2.26. The van der Waals surface area contributed by atoms with E-state index >= 15 is 0 Å². The summed E-state index contributed by atoms with van der Waals surface area (Å²) in [5.41, 5.74) is 15.3. The summed E-state index contributed by atoms with van der Waals surface area (Å²) in [6.45, 7) is 3.95. The highest BCUT2D eigenvalue weighted by Gasteiger charge is 2.19. The third-order valence-corrected chi connectivity index (χ3v) is 5.02. The summed E-state index contributed by atoms with van der Waals surface area (Å²) < 4.78 is 0.